The Balaban J connectivity index is 1.20. The molecule has 1 heterocycles. The van der Waals surface area contributed by atoms with E-state index in [0.29, 0.717) is 0 Å². The Hall–Kier alpha value is -6.16. The molecule has 0 amide bonds. The molecule has 0 aliphatic rings. The Labute approximate surface area is 303 Å². The van der Waals surface area contributed by atoms with Crippen LogP contribution in [0.15, 0.2) is 182 Å². The van der Waals surface area contributed by atoms with Crippen LogP contribution in [0.3, 0.4) is 0 Å². The minimum Gasteiger partial charge on any atom is -0.310 e. The lowest BCUT2D eigenvalue weighted by Crippen LogP contribution is -2.11. The molecule has 0 aliphatic heterocycles. The smallest absolute Gasteiger partial charge is 0.0543 e. The molecule has 1 aromatic heterocycles. The van der Waals surface area contributed by atoms with Gasteiger partial charge in [0.1, 0.15) is 0 Å². The van der Waals surface area contributed by atoms with Crippen LogP contribution in [0.5, 0.6) is 0 Å². The number of hydrogen-bond acceptors (Lipinski definition) is 3. The molecule has 0 unspecified atom stereocenters. The molecule has 9 aromatic rings. The van der Waals surface area contributed by atoms with Gasteiger partial charge in [0.15, 0.2) is 0 Å². The van der Waals surface area contributed by atoms with Crippen LogP contribution in [0.2, 0.25) is 0 Å². The lowest BCUT2D eigenvalue weighted by atomic mass is 9.89. The van der Waals surface area contributed by atoms with Gasteiger partial charge in [0.25, 0.3) is 0 Å². The first kappa shape index (κ1) is 30.9. The third kappa shape index (κ3) is 5.43. The van der Waals surface area contributed by atoms with Gasteiger partial charge in [-0.05, 0) is 108 Å². The number of hydrogen-bond donors (Lipinski definition) is 0. The van der Waals surface area contributed by atoms with E-state index in [1.807, 2.05) is 11.3 Å². The number of aryl methyl sites for hydroxylation is 2. The van der Waals surface area contributed by atoms with Crippen molar-refractivity contribution in [3.8, 4) is 11.1 Å². The van der Waals surface area contributed by atoms with Crippen LogP contribution in [0.25, 0.3) is 42.1 Å². The van der Waals surface area contributed by atoms with Gasteiger partial charge in [-0.2, -0.15) is 0 Å². The lowest BCUT2D eigenvalue weighted by molar-refractivity contribution is 1.29. The number of fused-ring (bicyclic) bond motifs is 4. The van der Waals surface area contributed by atoms with Crippen molar-refractivity contribution < 1.29 is 0 Å². The predicted octanol–water partition coefficient (Wildman–Crippen LogP) is 14.4. The minimum atomic E-state index is 1.14. The minimum absolute atomic E-state index is 1.14. The zero-order valence-electron chi connectivity index (χ0n) is 28.6. The van der Waals surface area contributed by atoms with E-state index in [-0.39, 0.29) is 0 Å². The number of anilines is 6. The van der Waals surface area contributed by atoms with Gasteiger partial charge in [0.05, 0.1) is 5.69 Å². The summed E-state index contributed by atoms with van der Waals surface area (Å²) >= 11 is 1.90. The summed E-state index contributed by atoms with van der Waals surface area (Å²) in [4.78, 5) is 4.72. The van der Waals surface area contributed by atoms with Crippen LogP contribution in [-0.2, 0) is 0 Å². The van der Waals surface area contributed by atoms with E-state index in [0.717, 1.165) is 28.4 Å². The van der Waals surface area contributed by atoms with E-state index in [4.69, 9.17) is 0 Å². The first-order valence-corrected chi connectivity index (χ1v) is 18.3. The van der Waals surface area contributed by atoms with Crippen molar-refractivity contribution in [3.05, 3.63) is 193 Å². The summed E-state index contributed by atoms with van der Waals surface area (Å²) in [7, 11) is 0. The summed E-state index contributed by atoms with van der Waals surface area (Å²) in [6.07, 6.45) is 0. The fourth-order valence-electron chi connectivity index (χ4n) is 7.59. The normalized spacial score (nSPS) is 11.3. The van der Waals surface area contributed by atoms with E-state index < -0.39 is 0 Å². The zero-order valence-corrected chi connectivity index (χ0v) is 29.4. The molecular weight excluding hydrogens is 637 g/mol. The van der Waals surface area contributed by atoms with Gasteiger partial charge in [0.2, 0.25) is 0 Å². The molecule has 0 aliphatic carbocycles. The third-order valence-electron chi connectivity index (χ3n) is 9.92. The molecule has 0 spiro atoms. The van der Waals surface area contributed by atoms with Crippen LogP contribution in [0.1, 0.15) is 11.1 Å². The van der Waals surface area contributed by atoms with E-state index in [2.05, 4.69) is 206 Å². The second-order valence-electron chi connectivity index (χ2n) is 13.0. The van der Waals surface area contributed by atoms with E-state index in [1.165, 1.54) is 58.9 Å². The highest BCUT2D eigenvalue weighted by molar-refractivity contribution is 7.26. The van der Waals surface area contributed by atoms with Gasteiger partial charge >= 0.3 is 0 Å². The van der Waals surface area contributed by atoms with Crippen molar-refractivity contribution >= 4 is 76.4 Å². The molecule has 0 saturated carbocycles. The number of para-hydroxylation sites is 4. The van der Waals surface area contributed by atoms with Gasteiger partial charge in [-0.3, -0.25) is 0 Å². The fraction of sp³-hybridized carbons (Fsp3) is 0.0417. The maximum absolute atomic E-state index is 2.38. The van der Waals surface area contributed by atoms with Crippen LogP contribution in [0.4, 0.5) is 34.1 Å². The standard InChI is InChI=1S/C48H36N2S/c1-33-31-45(50(37-21-11-5-12-22-37)38-23-13-6-14-24-38)41-25-15-16-26-43(41)47(33)40-29-30-44-42-28-27-39(32-46(42)51-48(44)34(40)2)49(35-17-7-3-8-18-35)36-19-9-4-10-20-36/h3-32H,1-2H3. The highest BCUT2D eigenvalue weighted by Gasteiger charge is 2.21. The van der Waals surface area contributed by atoms with Crippen LogP contribution in [-0.4, -0.2) is 0 Å². The number of nitrogens with zero attached hydrogens (tertiary/aromatic N) is 2. The molecule has 0 N–H and O–H groups in total. The summed E-state index contributed by atoms with van der Waals surface area (Å²) in [5.74, 6) is 0. The van der Waals surface area contributed by atoms with Crippen LogP contribution >= 0.6 is 11.3 Å². The maximum atomic E-state index is 2.38. The summed E-state index contributed by atoms with van der Waals surface area (Å²) in [5.41, 5.74) is 12.1. The molecule has 0 atom stereocenters. The first-order chi connectivity index (χ1) is 25.2. The fourth-order valence-corrected chi connectivity index (χ4v) is 8.83. The highest BCUT2D eigenvalue weighted by Crippen LogP contribution is 2.47. The van der Waals surface area contributed by atoms with E-state index >= 15 is 0 Å². The quantitative estimate of drug-likeness (QED) is 0.166. The summed E-state index contributed by atoms with van der Waals surface area (Å²) < 4.78 is 2.63. The maximum Gasteiger partial charge on any atom is 0.0543 e. The molecule has 51 heavy (non-hydrogen) atoms. The van der Waals surface area contributed by atoms with Crippen molar-refractivity contribution in [1.29, 1.82) is 0 Å². The molecular formula is C48H36N2S. The lowest BCUT2D eigenvalue weighted by Gasteiger charge is -2.28. The van der Waals surface area contributed by atoms with Crippen molar-refractivity contribution in [1.82, 2.24) is 0 Å². The van der Waals surface area contributed by atoms with Gasteiger partial charge in [-0.25, -0.2) is 0 Å². The molecule has 244 valence electrons. The zero-order chi connectivity index (χ0) is 34.3. The molecule has 9 rings (SSSR count). The number of benzene rings is 8. The Morgan fingerprint density at radius 3 is 1.45 bits per heavy atom. The van der Waals surface area contributed by atoms with E-state index in [9.17, 15) is 0 Å². The molecule has 8 aromatic carbocycles. The van der Waals surface area contributed by atoms with Crippen molar-refractivity contribution in [3.63, 3.8) is 0 Å². The monoisotopic (exact) mass is 672 g/mol. The van der Waals surface area contributed by atoms with Crippen molar-refractivity contribution in [2.24, 2.45) is 0 Å². The number of thiophene rings is 1. The Kier molecular flexibility index (Phi) is 7.83. The molecule has 2 nitrogen and oxygen atoms in total. The average molecular weight is 673 g/mol. The first-order valence-electron chi connectivity index (χ1n) is 17.4. The third-order valence-corrected chi connectivity index (χ3v) is 11.2. The topological polar surface area (TPSA) is 6.48 Å². The second-order valence-corrected chi connectivity index (χ2v) is 14.1. The van der Waals surface area contributed by atoms with Crippen LogP contribution in [0, 0.1) is 13.8 Å². The van der Waals surface area contributed by atoms with E-state index in [1.54, 1.807) is 0 Å². The van der Waals surface area contributed by atoms with Gasteiger partial charge in [-0.1, -0.05) is 115 Å². The Morgan fingerprint density at radius 1 is 0.392 bits per heavy atom. The van der Waals surface area contributed by atoms with Gasteiger partial charge in [-0.15, -0.1) is 11.3 Å². The molecule has 0 radical (unpaired) electrons. The molecule has 0 bridgehead atoms. The average Bonchev–Trinajstić information content (AvgIpc) is 3.56. The van der Waals surface area contributed by atoms with Gasteiger partial charge in [0, 0.05) is 54.0 Å². The summed E-state index contributed by atoms with van der Waals surface area (Å²) in [6, 6.07) is 65.5. The number of rotatable bonds is 7. The summed E-state index contributed by atoms with van der Waals surface area (Å²) in [6.45, 7) is 4.57. The molecule has 3 heteroatoms. The Bertz CT molecular complexity index is 2570. The second kappa shape index (κ2) is 12.9. The highest BCUT2D eigenvalue weighted by atomic mass is 32.1. The Morgan fingerprint density at radius 2 is 0.882 bits per heavy atom. The predicted molar refractivity (Wildman–Crippen MR) is 221 cm³/mol. The van der Waals surface area contributed by atoms with Crippen LogP contribution < -0.4 is 9.80 Å². The summed E-state index contributed by atoms with van der Waals surface area (Å²) in [5, 5.41) is 5.10. The van der Waals surface area contributed by atoms with Crippen molar-refractivity contribution in [2.45, 2.75) is 13.8 Å². The molecule has 0 saturated heterocycles. The van der Waals surface area contributed by atoms with Crippen molar-refractivity contribution in [2.75, 3.05) is 9.80 Å². The molecule has 0 fully saturated rings. The SMILES string of the molecule is Cc1cc(N(c2ccccc2)c2ccccc2)c2ccccc2c1-c1ccc2c(sc3cc(N(c4ccccc4)c4ccccc4)ccc32)c1C. The largest absolute Gasteiger partial charge is 0.310 e. The van der Waals surface area contributed by atoms with Gasteiger partial charge < -0.3 is 9.80 Å².